The van der Waals surface area contributed by atoms with Gasteiger partial charge in [-0.05, 0) is 49.1 Å². The molecule has 0 bridgehead atoms. The van der Waals surface area contributed by atoms with Crippen LogP contribution < -0.4 is 4.90 Å². The molecular formula is C22H30N2O3. The van der Waals surface area contributed by atoms with Crippen LogP contribution in [0.4, 0.5) is 5.69 Å². The summed E-state index contributed by atoms with van der Waals surface area (Å²) in [5, 5.41) is 8.84. The number of carbonyl (C=O) groups excluding carboxylic acids is 2. The number of hydrogen-bond acceptors (Lipinski definition) is 4. The molecule has 146 valence electrons. The number of nitriles is 1. The summed E-state index contributed by atoms with van der Waals surface area (Å²) in [6, 6.07) is 11.2. The third kappa shape index (κ3) is 6.09. The van der Waals surface area contributed by atoms with Crippen LogP contribution in [-0.2, 0) is 14.3 Å². The fraction of sp³-hybridized carbons (Fsp3) is 0.591. The number of anilines is 1. The Morgan fingerprint density at radius 1 is 1.15 bits per heavy atom. The van der Waals surface area contributed by atoms with Gasteiger partial charge in [-0.2, -0.15) is 5.26 Å². The molecule has 1 fully saturated rings. The van der Waals surface area contributed by atoms with E-state index in [4.69, 9.17) is 10.00 Å². The first-order valence-electron chi connectivity index (χ1n) is 9.72. The zero-order valence-electron chi connectivity index (χ0n) is 16.6. The molecular weight excluding hydrogens is 340 g/mol. The molecule has 1 saturated carbocycles. The topological polar surface area (TPSA) is 70.4 Å². The first-order valence-corrected chi connectivity index (χ1v) is 9.72. The molecule has 0 aliphatic heterocycles. The van der Waals surface area contributed by atoms with Crippen LogP contribution in [0.3, 0.4) is 0 Å². The molecule has 0 saturated heterocycles. The Kier molecular flexibility index (Phi) is 7.41. The maximum Gasteiger partial charge on any atom is 0.309 e. The largest absolute Gasteiger partial charge is 0.455 e. The molecule has 1 aliphatic carbocycles. The van der Waals surface area contributed by atoms with E-state index in [-0.39, 0.29) is 42.8 Å². The number of nitrogens with zero attached hydrogens (tertiary/aromatic N) is 2. The Morgan fingerprint density at radius 3 is 2.33 bits per heavy atom. The second-order valence-electron chi connectivity index (χ2n) is 8.31. The predicted octanol–water partition coefficient (Wildman–Crippen LogP) is 4.33. The molecule has 0 aromatic heterocycles. The van der Waals surface area contributed by atoms with Gasteiger partial charge in [0.05, 0.1) is 18.4 Å². The highest BCUT2D eigenvalue weighted by Gasteiger charge is 2.33. The van der Waals surface area contributed by atoms with Gasteiger partial charge >= 0.3 is 5.97 Å². The van der Waals surface area contributed by atoms with Crippen molar-refractivity contribution in [3.8, 4) is 6.07 Å². The molecule has 2 rings (SSSR count). The SMILES string of the molecule is CC(C)(C)C1CCC(C(=O)OCC(=O)N(CCC#N)c2ccccc2)CC1. The van der Waals surface area contributed by atoms with Crippen molar-refractivity contribution in [2.24, 2.45) is 17.3 Å². The van der Waals surface area contributed by atoms with Crippen LogP contribution in [0.25, 0.3) is 0 Å². The van der Waals surface area contributed by atoms with Crippen molar-refractivity contribution in [1.29, 1.82) is 5.26 Å². The number of hydrogen-bond donors (Lipinski definition) is 0. The number of ether oxygens (including phenoxy) is 1. The molecule has 5 nitrogen and oxygen atoms in total. The fourth-order valence-electron chi connectivity index (χ4n) is 3.69. The summed E-state index contributed by atoms with van der Waals surface area (Å²) in [5.41, 5.74) is 0.973. The number of carbonyl (C=O) groups is 2. The zero-order chi connectivity index (χ0) is 19.9. The lowest BCUT2D eigenvalue weighted by Crippen LogP contribution is -2.36. The van der Waals surface area contributed by atoms with E-state index in [9.17, 15) is 9.59 Å². The molecule has 0 N–H and O–H groups in total. The van der Waals surface area contributed by atoms with Crippen molar-refractivity contribution in [3.63, 3.8) is 0 Å². The first-order chi connectivity index (χ1) is 12.8. The van der Waals surface area contributed by atoms with Gasteiger partial charge in [0.25, 0.3) is 5.91 Å². The van der Waals surface area contributed by atoms with Gasteiger partial charge in [-0.25, -0.2) is 0 Å². The zero-order valence-corrected chi connectivity index (χ0v) is 16.6. The van der Waals surface area contributed by atoms with E-state index in [1.54, 1.807) is 0 Å². The van der Waals surface area contributed by atoms with E-state index in [0.717, 1.165) is 25.7 Å². The average molecular weight is 370 g/mol. The third-order valence-electron chi connectivity index (χ3n) is 5.44. The molecule has 0 spiro atoms. The van der Waals surface area contributed by atoms with Gasteiger partial charge in [0.2, 0.25) is 0 Å². The summed E-state index contributed by atoms with van der Waals surface area (Å²) in [4.78, 5) is 26.5. The first kappa shape index (κ1) is 21.0. The number of esters is 1. The summed E-state index contributed by atoms with van der Waals surface area (Å²) in [5.74, 6) is -0.0550. The highest BCUT2D eigenvalue weighted by molar-refractivity contribution is 5.95. The molecule has 0 heterocycles. The highest BCUT2D eigenvalue weighted by Crippen LogP contribution is 2.40. The molecule has 0 unspecified atom stereocenters. The predicted molar refractivity (Wildman–Crippen MR) is 105 cm³/mol. The summed E-state index contributed by atoms with van der Waals surface area (Å²) >= 11 is 0. The Labute approximate surface area is 162 Å². The third-order valence-corrected chi connectivity index (χ3v) is 5.44. The van der Waals surface area contributed by atoms with Crippen LogP contribution in [0.1, 0.15) is 52.9 Å². The summed E-state index contributed by atoms with van der Waals surface area (Å²) in [7, 11) is 0. The maximum atomic E-state index is 12.6. The lowest BCUT2D eigenvalue weighted by molar-refractivity contribution is -0.153. The van der Waals surface area contributed by atoms with Crippen molar-refractivity contribution in [3.05, 3.63) is 30.3 Å². The van der Waals surface area contributed by atoms with Crippen molar-refractivity contribution >= 4 is 17.6 Å². The van der Waals surface area contributed by atoms with Crippen LogP contribution in [-0.4, -0.2) is 25.0 Å². The lowest BCUT2D eigenvalue weighted by Gasteiger charge is -2.36. The monoisotopic (exact) mass is 370 g/mol. The van der Waals surface area contributed by atoms with Gasteiger partial charge in [0, 0.05) is 12.2 Å². The van der Waals surface area contributed by atoms with E-state index < -0.39 is 0 Å². The quantitative estimate of drug-likeness (QED) is 0.699. The van der Waals surface area contributed by atoms with Gasteiger partial charge in [-0.1, -0.05) is 39.0 Å². The molecule has 5 heteroatoms. The van der Waals surface area contributed by atoms with E-state index in [1.165, 1.54) is 4.90 Å². The Hall–Kier alpha value is -2.35. The number of rotatable bonds is 6. The number of amides is 1. The molecule has 0 atom stereocenters. The summed E-state index contributed by atoms with van der Waals surface area (Å²) in [6.45, 7) is 6.74. The Balaban J connectivity index is 1.88. The minimum absolute atomic E-state index is 0.110. The van der Waals surface area contributed by atoms with Crippen LogP contribution >= 0.6 is 0 Å². The van der Waals surface area contributed by atoms with Crippen LogP contribution in [0.5, 0.6) is 0 Å². The molecule has 1 aliphatic rings. The number of para-hydroxylation sites is 1. The molecule has 1 amide bonds. The van der Waals surface area contributed by atoms with Crippen molar-refractivity contribution in [2.75, 3.05) is 18.1 Å². The van der Waals surface area contributed by atoms with E-state index in [2.05, 4.69) is 26.8 Å². The minimum Gasteiger partial charge on any atom is -0.455 e. The van der Waals surface area contributed by atoms with Crippen LogP contribution in [0.2, 0.25) is 0 Å². The summed E-state index contributed by atoms with van der Waals surface area (Å²) < 4.78 is 5.33. The second-order valence-corrected chi connectivity index (χ2v) is 8.31. The highest BCUT2D eigenvalue weighted by atomic mass is 16.5. The van der Waals surface area contributed by atoms with E-state index >= 15 is 0 Å². The van der Waals surface area contributed by atoms with Gasteiger partial charge < -0.3 is 9.64 Å². The van der Waals surface area contributed by atoms with Crippen LogP contribution in [0, 0.1) is 28.6 Å². The van der Waals surface area contributed by atoms with E-state index in [0.29, 0.717) is 11.6 Å². The van der Waals surface area contributed by atoms with Gasteiger partial charge in [0.1, 0.15) is 0 Å². The Morgan fingerprint density at radius 2 is 1.78 bits per heavy atom. The van der Waals surface area contributed by atoms with Crippen molar-refractivity contribution < 1.29 is 14.3 Å². The second kappa shape index (κ2) is 9.55. The van der Waals surface area contributed by atoms with Gasteiger partial charge in [0.15, 0.2) is 6.61 Å². The summed E-state index contributed by atoms with van der Waals surface area (Å²) in [6.07, 6.45) is 3.92. The smallest absolute Gasteiger partial charge is 0.309 e. The van der Waals surface area contributed by atoms with Gasteiger partial charge in [-0.15, -0.1) is 0 Å². The van der Waals surface area contributed by atoms with E-state index in [1.807, 2.05) is 30.3 Å². The van der Waals surface area contributed by atoms with Crippen LogP contribution in [0.15, 0.2) is 30.3 Å². The minimum atomic E-state index is -0.298. The standard InChI is InChI=1S/C22H30N2O3/c1-22(2,3)18-12-10-17(11-13-18)21(26)27-16-20(25)24(15-7-14-23)19-8-5-4-6-9-19/h4-6,8-9,17-18H,7,10-13,15-16H2,1-3H3. The van der Waals surface area contributed by atoms with Gasteiger partial charge in [-0.3, -0.25) is 9.59 Å². The molecule has 27 heavy (non-hydrogen) atoms. The average Bonchev–Trinajstić information content (AvgIpc) is 2.66. The fourth-order valence-corrected chi connectivity index (χ4v) is 3.69. The maximum absolute atomic E-state index is 12.6. The molecule has 0 radical (unpaired) electrons. The number of benzene rings is 1. The Bertz CT molecular complexity index is 665. The van der Waals surface area contributed by atoms with Crippen molar-refractivity contribution in [1.82, 2.24) is 0 Å². The molecule has 1 aromatic carbocycles. The normalized spacial score (nSPS) is 19.8. The lowest BCUT2D eigenvalue weighted by atomic mass is 9.70. The molecule has 1 aromatic rings. The van der Waals surface area contributed by atoms with Crippen molar-refractivity contribution in [2.45, 2.75) is 52.9 Å².